The number of halogens is 6. The molecule has 0 saturated heterocycles. The van der Waals surface area contributed by atoms with Crippen molar-refractivity contribution in [2.75, 3.05) is 0 Å². The van der Waals surface area contributed by atoms with E-state index in [2.05, 4.69) is 0 Å². The molecule has 0 aromatic rings. The maximum atomic E-state index is 9.87. The van der Waals surface area contributed by atoms with Gasteiger partial charge in [-0.2, -0.15) is 0 Å². The first-order valence-corrected chi connectivity index (χ1v) is 3.04. The van der Waals surface area contributed by atoms with Gasteiger partial charge in [0, 0.05) is 0 Å². The standard InChI is InChI=1S/Al.F6P.3H/c;1-7(2,3,4,5)6;;;/q;-1;;;/p+1. The van der Waals surface area contributed by atoms with Crippen molar-refractivity contribution in [3.05, 3.63) is 0 Å². The first-order valence-electron chi connectivity index (χ1n) is 1.01. The minimum absolute atomic E-state index is 0. The summed E-state index contributed by atoms with van der Waals surface area (Å²) in [5.74, 6) is 0. The van der Waals surface area contributed by atoms with Crippen LogP contribution in [0, 0.1) is 0 Å². The molecule has 0 amide bonds. The average Bonchev–Trinajstić information content (AvgIpc) is 0.592. The van der Waals surface area contributed by atoms with Crippen LogP contribution in [-0.2, 0) is 0 Å². The van der Waals surface area contributed by atoms with Gasteiger partial charge in [0.05, 0.1) is 0 Å². The third-order valence-corrected chi connectivity index (χ3v) is 0. The summed E-state index contributed by atoms with van der Waals surface area (Å²) in [5, 5.41) is 0. The Hall–Kier alpha value is 0.542. The summed E-state index contributed by atoms with van der Waals surface area (Å²) in [6.07, 6.45) is 0. The fraction of sp³-hybridized carbons (Fsp3) is 0. The van der Waals surface area contributed by atoms with Crippen LogP contribution in [-0.4, -0.2) is 17.4 Å². The van der Waals surface area contributed by atoms with Crippen LogP contribution in [0.25, 0.3) is 0 Å². The van der Waals surface area contributed by atoms with Crippen molar-refractivity contribution in [3.63, 3.8) is 0 Å². The minimum Gasteiger partial charge on any atom is 0.187 e. The van der Waals surface area contributed by atoms with E-state index >= 15 is 0 Å². The molecular weight excluding hydrogens is 172 g/mol. The first-order chi connectivity index (χ1) is 2.45. The molecule has 0 aromatic carbocycles. The zero-order chi connectivity index (χ0) is 6.41. The van der Waals surface area contributed by atoms with Crippen molar-refractivity contribution in [1.29, 1.82) is 0 Å². The third kappa shape index (κ3) is 683. The van der Waals surface area contributed by atoms with E-state index in [1.54, 1.807) is 0 Å². The van der Waals surface area contributed by atoms with Crippen molar-refractivity contribution >= 4 is 25.2 Å². The quantitative estimate of drug-likeness (QED) is 0.301. The van der Waals surface area contributed by atoms with Gasteiger partial charge in [-0.25, -0.2) is 0 Å². The molecule has 0 nitrogen and oxygen atoms in total. The molecule has 0 spiro atoms. The summed E-state index contributed by atoms with van der Waals surface area (Å²) in [6.45, 7) is 0. The molecule has 0 aliphatic heterocycles. The third-order valence-electron chi connectivity index (χ3n) is 0. The van der Waals surface area contributed by atoms with Crippen LogP contribution in [0.1, 0.15) is 1.43 Å². The molecule has 0 radical (unpaired) electrons. The van der Waals surface area contributed by atoms with Gasteiger partial charge >= 0.3 is 34.4 Å². The molecule has 0 fully saturated rings. The largest absolute Gasteiger partial charge is 1.00 e. The van der Waals surface area contributed by atoms with Crippen molar-refractivity contribution in [1.82, 2.24) is 0 Å². The van der Waals surface area contributed by atoms with Crippen molar-refractivity contribution in [3.8, 4) is 0 Å². The summed E-state index contributed by atoms with van der Waals surface area (Å²) < 4.78 is 59.2. The number of hydrogen-bond acceptors (Lipinski definition) is 0. The van der Waals surface area contributed by atoms with Gasteiger partial charge in [0.25, 0.3) is 0 Å². The van der Waals surface area contributed by atoms with Crippen molar-refractivity contribution in [2.45, 2.75) is 0 Å². The Labute approximate surface area is 52.7 Å². The fourth-order valence-corrected chi connectivity index (χ4v) is 0. The van der Waals surface area contributed by atoms with E-state index in [4.69, 9.17) is 0 Å². The molecule has 8 heavy (non-hydrogen) atoms. The van der Waals surface area contributed by atoms with E-state index in [0.717, 1.165) is 0 Å². The molecule has 0 aliphatic carbocycles. The zero-order valence-corrected chi connectivity index (χ0v) is 3.61. The number of rotatable bonds is 0. The van der Waals surface area contributed by atoms with Gasteiger partial charge in [-0.1, -0.05) is 0 Å². The summed E-state index contributed by atoms with van der Waals surface area (Å²) >= 11 is 0. The second-order valence-electron chi connectivity index (χ2n) is 0.958. The zero-order valence-electron chi connectivity index (χ0n) is 3.72. The number of hydrogen-bond donors (Lipinski definition) is 0. The molecule has 0 bridgehead atoms. The Morgan fingerprint density at radius 2 is 0.750 bits per heavy atom. The normalized spacial score (nSPS) is 20.2. The van der Waals surface area contributed by atoms with Crippen molar-refractivity contribution in [2.24, 2.45) is 0 Å². The predicted molar refractivity (Wildman–Crippen MR) is 24.6 cm³/mol. The second-order valence-corrected chi connectivity index (χ2v) is 2.87. The first kappa shape index (κ1) is 11.4. The van der Waals surface area contributed by atoms with Crippen LogP contribution in [0.3, 0.4) is 0 Å². The molecule has 0 aromatic heterocycles. The van der Waals surface area contributed by atoms with Gasteiger partial charge in [-0.05, 0) is 0 Å². The smallest absolute Gasteiger partial charge is 0.187 e. The Bertz CT molecular complexity index is 71.6. The van der Waals surface area contributed by atoms with Gasteiger partial charge in [0.15, 0.2) is 17.4 Å². The van der Waals surface area contributed by atoms with Crippen LogP contribution in [0.5, 0.6) is 0 Å². The maximum Gasteiger partial charge on any atom is 1.00 e. The predicted octanol–water partition coefficient (Wildman–Crippen LogP) is 2.31. The van der Waals surface area contributed by atoms with Crippen LogP contribution in [0.15, 0.2) is 0 Å². The van der Waals surface area contributed by atoms with E-state index in [1.807, 2.05) is 0 Å². The molecule has 0 atom stereocenters. The second kappa shape index (κ2) is 1.34. The van der Waals surface area contributed by atoms with Crippen LogP contribution in [0.4, 0.5) is 25.2 Å². The fourth-order valence-electron chi connectivity index (χ4n) is 0. The monoisotopic (exact) mass is 176 g/mol. The van der Waals surface area contributed by atoms with Gasteiger partial charge in [-0.15, -0.1) is 0 Å². The molecular formula is H4AlF6P. The Morgan fingerprint density at radius 3 is 0.750 bits per heavy atom. The average molecular weight is 176 g/mol. The van der Waals surface area contributed by atoms with E-state index in [9.17, 15) is 25.2 Å². The summed E-state index contributed by atoms with van der Waals surface area (Å²) in [6, 6.07) is 0. The van der Waals surface area contributed by atoms with E-state index in [1.165, 1.54) is 0 Å². The van der Waals surface area contributed by atoms with E-state index in [-0.39, 0.29) is 18.8 Å². The molecule has 0 heterocycles. The molecule has 0 rings (SSSR count). The molecule has 0 saturated carbocycles. The van der Waals surface area contributed by atoms with Crippen LogP contribution >= 0.6 is 7.81 Å². The summed E-state index contributed by atoms with van der Waals surface area (Å²) in [4.78, 5) is 0. The van der Waals surface area contributed by atoms with E-state index < -0.39 is 7.81 Å². The Kier molecular flexibility index (Phi) is 1.90. The maximum absolute atomic E-state index is 10.7. The summed E-state index contributed by atoms with van der Waals surface area (Å²) in [7, 11) is -10.7. The van der Waals surface area contributed by atoms with Gasteiger partial charge in [0.2, 0.25) is 0 Å². The molecule has 0 N–H and O–H groups in total. The van der Waals surface area contributed by atoms with Crippen LogP contribution in [0.2, 0.25) is 0 Å². The van der Waals surface area contributed by atoms with Gasteiger partial charge in [0.1, 0.15) is 0 Å². The van der Waals surface area contributed by atoms with Gasteiger partial charge in [-0.3, -0.25) is 0 Å². The molecule has 8 heteroatoms. The minimum atomic E-state index is -10.7. The van der Waals surface area contributed by atoms with Gasteiger partial charge < -0.3 is 0 Å². The molecule has 0 unspecified atom stereocenters. The SMILES string of the molecule is F[P-](F)(F)(F)(F)F.[AlH3].[H+]. The molecule has 54 valence electrons. The van der Waals surface area contributed by atoms with E-state index in [0.29, 0.717) is 0 Å². The van der Waals surface area contributed by atoms with Crippen molar-refractivity contribution < 1.29 is 26.6 Å². The topological polar surface area (TPSA) is 0 Å². The Balaban J connectivity index is -0.000000180. The molecule has 0 aliphatic rings. The van der Waals surface area contributed by atoms with Crippen LogP contribution < -0.4 is 0 Å². The Morgan fingerprint density at radius 1 is 0.750 bits per heavy atom. The summed E-state index contributed by atoms with van der Waals surface area (Å²) in [5.41, 5.74) is 0.